The number of carbonyl (C=O) groups is 3. The van der Waals surface area contributed by atoms with E-state index < -0.39 is 11.9 Å². The third-order valence-corrected chi connectivity index (χ3v) is 5.56. The van der Waals surface area contributed by atoms with Gasteiger partial charge in [-0.3, -0.25) is 0 Å². The molecule has 2 aromatic rings. The molecule has 0 unspecified atom stereocenters. The predicted octanol–water partition coefficient (Wildman–Crippen LogP) is 3.67. The van der Waals surface area contributed by atoms with Crippen molar-refractivity contribution in [2.45, 2.75) is 18.9 Å². The van der Waals surface area contributed by atoms with Crippen LogP contribution in [0.15, 0.2) is 60.7 Å². The Labute approximate surface area is 207 Å². The van der Waals surface area contributed by atoms with Crippen LogP contribution in [-0.4, -0.2) is 66.4 Å². The first-order valence-electron chi connectivity index (χ1n) is 11.3. The van der Waals surface area contributed by atoms with Gasteiger partial charge in [0.05, 0.1) is 13.7 Å². The summed E-state index contributed by atoms with van der Waals surface area (Å²) >= 11 is 0. The number of aliphatic carboxylic acids is 2. The molecule has 0 aliphatic carbocycles. The first-order valence-corrected chi connectivity index (χ1v) is 11.3. The van der Waals surface area contributed by atoms with Gasteiger partial charge >= 0.3 is 17.9 Å². The summed E-state index contributed by atoms with van der Waals surface area (Å²) in [5.41, 5.74) is 1.66. The average molecular weight is 506 g/mol. The number of piperidine rings is 1. The Morgan fingerprint density at radius 1 is 0.944 bits per heavy atom. The van der Waals surface area contributed by atoms with Crippen LogP contribution >= 0.6 is 0 Å². The van der Waals surface area contributed by atoms with Crippen molar-refractivity contribution < 1.29 is 42.9 Å². The fraction of sp³-hybridized carbons (Fsp3) is 0.346. The number of likely N-dealkylation sites (tertiary alicyclic amines) is 1. The molecule has 0 amide bonds. The molecule has 10 heteroatoms. The smallest absolute Gasteiger partial charge is 0.414 e. The van der Waals surface area contributed by atoms with Crippen LogP contribution in [0.2, 0.25) is 0 Å². The normalized spacial score (nSPS) is 14.3. The Morgan fingerprint density at radius 2 is 1.42 bits per heavy atom. The van der Waals surface area contributed by atoms with Crippen molar-refractivity contribution in [3.8, 4) is 0 Å². The monoisotopic (exact) mass is 505 g/mol. The number of esters is 1. The zero-order chi connectivity index (χ0) is 26.5. The number of methoxy groups -OCH3 is 1. The number of nitrogens with zero attached hydrogens (tertiary/aromatic N) is 1. The van der Waals surface area contributed by atoms with E-state index in [1.807, 2.05) is 6.08 Å². The lowest BCUT2D eigenvalue weighted by atomic mass is 9.96. The van der Waals surface area contributed by atoms with Crippen LogP contribution in [0.25, 0.3) is 0 Å². The van der Waals surface area contributed by atoms with Gasteiger partial charge in [-0.25, -0.2) is 23.2 Å². The van der Waals surface area contributed by atoms with E-state index in [-0.39, 0.29) is 23.7 Å². The number of rotatable bonds is 8. The summed E-state index contributed by atoms with van der Waals surface area (Å²) in [7, 11) is 1.38. The van der Waals surface area contributed by atoms with Crippen LogP contribution in [0.4, 0.5) is 8.78 Å². The second-order valence-electron chi connectivity index (χ2n) is 8.03. The third kappa shape index (κ3) is 9.93. The van der Waals surface area contributed by atoms with Gasteiger partial charge in [0.15, 0.2) is 0 Å². The van der Waals surface area contributed by atoms with Crippen molar-refractivity contribution in [3.63, 3.8) is 0 Å². The standard InChI is InChI=1S/C24H27F2NO3.C2H2O4/c1-29-23(28)11-2-18-12-14-27(15-13-18)16-17-30-24(19-3-7-21(25)8-4-19)20-5-9-22(26)10-6-20;3-1(4)2(5)6/h2-11,18,24H,12-17H2,1H3;(H,3,4)(H,5,6). The molecule has 194 valence electrons. The average Bonchev–Trinajstić information content (AvgIpc) is 2.87. The van der Waals surface area contributed by atoms with E-state index in [2.05, 4.69) is 9.64 Å². The fourth-order valence-corrected chi connectivity index (χ4v) is 3.61. The highest BCUT2D eigenvalue weighted by atomic mass is 19.1. The quantitative estimate of drug-likeness (QED) is 0.318. The molecule has 0 radical (unpaired) electrons. The Morgan fingerprint density at radius 3 is 1.83 bits per heavy atom. The number of carboxylic acids is 2. The van der Waals surface area contributed by atoms with Crippen molar-refractivity contribution in [1.29, 1.82) is 0 Å². The molecule has 2 aromatic carbocycles. The van der Waals surface area contributed by atoms with Gasteiger partial charge in [0.1, 0.15) is 17.7 Å². The zero-order valence-corrected chi connectivity index (χ0v) is 19.8. The molecule has 0 aromatic heterocycles. The van der Waals surface area contributed by atoms with Gasteiger partial charge in [-0.15, -0.1) is 0 Å². The fourth-order valence-electron chi connectivity index (χ4n) is 3.61. The molecule has 0 saturated carbocycles. The van der Waals surface area contributed by atoms with E-state index in [4.69, 9.17) is 24.5 Å². The van der Waals surface area contributed by atoms with Gasteiger partial charge in [0, 0.05) is 12.6 Å². The van der Waals surface area contributed by atoms with Crippen LogP contribution in [0.5, 0.6) is 0 Å². The van der Waals surface area contributed by atoms with E-state index in [0.29, 0.717) is 12.5 Å². The molecule has 8 nitrogen and oxygen atoms in total. The third-order valence-electron chi connectivity index (χ3n) is 5.56. The predicted molar refractivity (Wildman–Crippen MR) is 126 cm³/mol. The molecule has 2 N–H and O–H groups in total. The molecule has 36 heavy (non-hydrogen) atoms. The van der Waals surface area contributed by atoms with Crippen LogP contribution in [0.3, 0.4) is 0 Å². The van der Waals surface area contributed by atoms with Crippen molar-refractivity contribution in [2.75, 3.05) is 33.4 Å². The van der Waals surface area contributed by atoms with E-state index in [9.17, 15) is 13.6 Å². The Balaban J connectivity index is 0.000000678. The van der Waals surface area contributed by atoms with E-state index >= 15 is 0 Å². The number of carboxylic acid groups (broad SMARTS) is 2. The number of ether oxygens (including phenoxy) is 2. The summed E-state index contributed by atoms with van der Waals surface area (Å²) in [5.74, 6) is -4.20. The van der Waals surface area contributed by atoms with Gasteiger partial charge in [-0.1, -0.05) is 30.3 Å². The molecule has 1 heterocycles. The second kappa shape index (κ2) is 14.7. The van der Waals surface area contributed by atoms with E-state index in [1.165, 1.54) is 37.5 Å². The van der Waals surface area contributed by atoms with Crippen molar-refractivity contribution in [2.24, 2.45) is 5.92 Å². The maximum absolute atomic E-state index is 13.3. The summed E-state index contributed by atoms with van der Waals surface area (Å²) in [6.07, 6.45) is 5.00. The van der Waals surface area contributed by atoms with Gasteiger partial charge in [0.2, 0.25) is 0 Å². The topological polar surface area (TPSA) is 113 Å². The molecule has 0 spiro atoms. The SMILES string of the molecule is COC(=O)C=CC1CCN(CCOC(c2ccc(F)cc2)c2ccc(F)cc2)CC1.O=C(O)C(=O)O. The van der Waals surface area contributed by atoms with Crippen LogP contribution in [-0.2, 0) is 23.9 Å². The molecule has 1 saturated heterocycles. The molecule has 1 aliphatic heterocycles. The largest absolute Gasteiger partial charge is 0.473 e. The van der Waals surface area contributed by atoms with Gasteiger partial charge in [-0.2, -0.15) is 0 Å². The molecule has 1 aliphatic rings. The maximum atomic E-state index is 13.3. The van der Waals surface area contributed by atoms with Crippen LogP contribution in [0.1, 0.15) is 30.1 Å². The molecular weight excluding hydrogens is 476 g/mol. The zero-order valence-electron chi connectivity index (χ0n) is 19.8. The number of halogens is 2. The summed E-state index contributed by atoms with van der Waals surface area (Å²) in [6, 6.07) is 12.4. The highest BCUT2D eigenvalue weighted by Gasteiger charge is 2.19. The maximum Gasteiger partial charge on any atom is 0.414 e. The van der Waals surface area contributed by atoms with Crippen molar-refractivity contribution in [3.05, 3.63) is 83.4 Å². The summed E-state index contributed by atoms with van der Waals surface area (Å²) in [4.78, 5) is 31.7. The Bertz CT molecular complexity index is 960. The molecular formula is C26H29F2NO7. The lowest BCUT2D eigenvalue weighted by Gasteiger charge is -2.31. The number of carbonyl (C=O) groups excluding carboxylic acids is 1. The lowest BCUT2D eigenvalue weighted by molar-refractivity contribution is -0.159. The minimum atomic E-state index is -1.82. The lowest BCUT2D eigenvalue weighted by Crippen LogP contribution is -2.35. The number of hydrogen-bond acceptors (Lipinski definition) is 6. The van der Waals surface area contributed by atoms with Gasteiger partial charge in [0.25, 0.3) is 0 Å². The van der Waals surface area contributed by atoms with Crippen LogP contribution < -0.4 is 0 Å². The van der Waals surface area contributed by atoms with Gasteiger partial charge in [-0.05, 0) is 67.2 Å². The minimum Gasteiger partial charge on any atom is -0.473 e. The molecule has 0 bridgehead atoms. The van der Waals surface area contributed by atoms with Gasteiger partial charge < -0.3 is 24.6 Å². The number of benzene rings is 2. The number of allylic oxidation sites excluding steroid dienone is 1. The molecule has 0 atom stereocenters. The van der Waals surface area contributed by atoms with Crippen LogP contribution in [0, 0.1) is 17.6 Å². The highest BCUT2D eigenvalue weighted by Crippen LogP contribution is 2.27. The van der Waals surface area contributed by atoms with E-state index in [0.717, 1.165) is 43.6 Å². The number of hydrogen-bond donors (Lipinski definition) is 2. The summed E-state index contributed by atoms with van der Waals surface area (Å²) in [6.45, 7) is 3.13. The van der Waals surface area contributed by atoms with E-state index in [1.54, 1.807) is 24.3 Å². The first kappa shape index (κ1) is 28.6. The minimum absolute atomic E-state index is 0.305. The first-order chi connectivity index (χ1) is 17.2. The molecule has 3 rings (SSSR count). The highest BCUT2D eigenvalue weighted by molar-refractivity contribution is 6.27. The van der Waals surface area contributed by atoms with Crippen molar-refractivity contribution in [1.82, 2.24) is 4.90 Å². The Hall–Kier alpha value is -3.63. The Kier molecular flexibility index (Phi) is 11.7. The summed E-state index contributed by atoms with van der Waals surface area (Å²) in [5, 5.41) is 14.8. The summed E-state index contributed by atoms with van der Waals surface area (Å²) < 4.78 is 37.4. The molecule has 1 fully saturated rings. The second-order valence-corrected chi connectivity index (χ2v) is 8.03. The van der Waals surface area contributed by atoms with Crippen molar-refractivity contribution >= 4 is 17.9 Å².